The smallest absolute Gasteiger partial charge is 0.221 e. The third-order valence-corrected chi connectivity index (χ3v) is 3.79. The van der Waals surface area contributed by atoms with Crippen LogP contribution in [-0.2, 0) is 4.79 Å². The second-order valence-electron chi connectivity index (χ2n) is 3.34. The molecule has 0 radical (unpaired) electrons. The van der Waals surface area contributed by atoms with Gasteiger partial charge in [-0.15, -0.1) is 0 Å². The maximum atomic E-state index is 10.9. The minimum Gasteiger partial charge on any atom is -0.389 e. The minimum atomic E-state index is -0.0712. The highest BCUT2D eigenvalue weighted by Crippen LogP contribution is 2.32. The number of benzene rings is 1. The van der Waals surface area contributed by atoms with Gasteiger partial charge in [-0.2, -0.15) is 0 Å². The van der Waals surface area contributed by atoms with Gasteiger partial charge in [0.25, 0.3) is 0 Å². The summed E-state index contributed by atoms with van der Waals surface area (Å²) < 4.78 is 0.912. The Labute approximate surface area is 107 Å². The normalized spacial score (nSPS) is 10.2. The van der Waals surface area contributed by atoms with E-state index in [4.69, 9.17) is 5.73 Å². The highest BCUT2D eigenvalue weighted by molar-refractivity contribution is 8.01. The van der Waals surface area contributed by atoms with Gasteiger partial charge in [0.15, 0.2) is 4.34 Å². The zero-order valence-electron chi connectivity index (χ0n) is 9.14. The van der Waals surface area contributed by atoms with Crippen LogP contribution in [0.25, 0.3) is 0 Å². The quantitative estimate of drug-likeness (QED) is 0.895. The Morgan fingerprint density at radius 2 is 2.12 bits per heavy atom. The molecule has 0 aliphatic rings. The van der Waals surface area contributed by atoms with Crippen molar-refractivity contribution < 1.29 is 4.79 Å². The molecule has 0 saturated carbocycles. The number of nitrogens with two attached hydrogens (primary N) is 1. The van der Waals surface area contributed by atoms with Crippen molar-refractivity contribution in [1.29, 1.82) is 0 Å². The first-order valence-corrected chi connectivity index (χ1v) is 6.53. The summed E-state index contributed by atoms with van der Waals surface area (Å²) in [5, 5.41) is 3.43. The summed E-state index contributed by atoms with van der Waals surface area (Å²) in [6, 6.07) is 7.60. The fourth-order valence-corrected chi connectivity index (χ4v) is 2.96. The lowest BCUT2D eigenvalue weighted by Crippen LogP contribution is -2.05. The molecule has 0 fully saturated rings. The van der Waals surface area contributed by atoms with Gasteiger partial charge in [-0.05, 0) is 24.3 Å². The third-order valence-electron chi connectivity index (χ3n) is 1.88. The Balaban J connectivity index is 2.05. The van der Waals surface area contributed by atoms with Gasteiger partial charge in [-0.25, -0.2) is 4.98 Å². The van der Waals surface area contributed by atoms with Gasteiger partial charge in [0, 0.05) is 17.5 Å². The van der Waals surface area contributed by atoms with E-state index in [0.29, 0.717) is 5.00 Å². The van der Waals surface area contributed by atoms with Crippen molar-refractivity contribution in [2.45, 2.75) is 16.2 Å². The minimum absolute atomic E-state index is 0.0712. The molecule has 6 heteroatoms. The second-order valence-corrected chi connectivity index (χ2v) is 5.72. The molecule has 0 unspecified atom stereocenters. The molecule has 0 aliphatic heterocycles. The largest absolute Gasteiger partial charge is 0.389 e. The van der Waals surface area contributed by atoms with E-state index in [1.54, 1.807) is 18.0 Å². The molecule has 1 heterocycles. The van der Waals surface area contributed by atoms with Gasteiger partial charge in [-0.3, -0.25) is 4.79 Å². The molecule has 1 amide bonds. The number of anilines is 2. The SMILES string of the molecule is CC(=O)Nc1ccc(Sc2ncc(N)s2)cc1. The maximum absolute atomic E-state index is 10.9. The molecule has 2 rings (SSSR count). The summed E-state index contributed by atoms with van der Waals surface area (Å²) >= 11 is 3.01. The lowest BCUT2D eigenvalue weighted by Gasteiger charge is -2.02. The molecule has 2 aromatic rings. The monoisotopic (exact) mass is 265 g/mol. The number of nitrogen functional groups attached to an aromatic ring is 1. The number of hydrogen-bond donors (Lipinski definition) is 2. The zero-order chi connectivity index (χ0) is 12.3. The highest BCUT2D eigenvalue weighted by atomic mass is 32.2. The Morgan fingerprint density at radius 1 is 1.41 bits per heavy atom. The van der Waals surface area contributed by atoms with Gasteiger partial charge >= 0.3 is 0 Å². The van der Waals surface area contributed by atoms with Crippen LogP contribution in [0.3, 0.4) is 0 Å². The molecular formula is C11H11N3OS2. The van der Waals surface area contributed by atoms with Gasteiger partial charge in [0.2, 0.25) is 5.91 Å². The number of thiazole rings is 1. The Hall–Kier alpha value is -1.53. The number of carbonyl (C=O) groups is 1. The Morgan fingerprint density at radius 3 is 2.65 bits per heavy atom. The first-order chi connectivity index (χ1) is 8.13. The average Bonchev–Trinajstić information content (AvgIpc) is 2.66. The van der Waals surface area contributed by atoms with E-state index in [1.165, 1.54) is 18.3 Å². The summed E-state index contributed by atoms with van der Waals surface area (Å²) in [6.45, 7) is 1.49. The predicted octanol–water partition coefficient (Wildman–Crippen LogP) is 2.83. The molecule has 88 valence electrons. The second kappa shape index (κ2) is 5.20. The van der Waals surface area contributed by atoms with E-state index in [-0.39, 0.29) is 5.91 Å². The molecule has 0 saturated heterocycles. The molecule has 0 bridgehead atoms. The number of hydrogen-bond acceptors (Lipinski definition) is 5. The van der Waals surface area contributed by atoms with Gasteiger partial charge < -0.3 is 11.1 Å². The summed E-state index contributed by atoms with van der Waals surface area (Å²) in [5.74, 6) is -0.0712. The number of amides is 1. The zero-order valence-corrected chi connectivity index (χ0v) is 10.8. The van der Waals surface area contributed by atoms with Crippen molar-refractivity contribution in [2.75, 3.05) is 11.1 Å². The first-order valence-electron chi connectivity index (χ1n) is 4.90. The van der Waals surface area contributed by atoms with Crippen LogP contribution >= 0.6 is 23.1 Å². The lowest BCUT2D eigenvalue weighted by atomic mass is 10.3. The summed E-state index contributed by atoms with van der Waals surface area (Å²) in [6.07, 6.45) is 1.65. The molecule has 0 atom stereocenters. The van der Waals surface area contributed by atoms with Crippen LogP contribution in [0.2, 0.25) is 0 Å². The van der Waals surface area contributed by atoms with Crippen LogP contribution < -0.4 is 11.1 Å². The van der Waals surface area contributed by atoms with Crippen LogP contribution in [0.4, 0.5) is 10.7 Å². The molecule has 1 aromatic heterocycles. The van der Waals surface area contributed by atoms with Crippen molar-refractivity contribution in [3.63, 3.8) is 0 Å². The van der Waals surface area contributed by atoms with E-state index >= 15 is 0 Å². The third kappa shape index (κ3) is 3.47. The van der Waals surface area contributed by atoms with E-state index < -0.39 is 0 Å². The molecule has 0 spiro atoms. The lowest BCUT2D eigenvalue weighted by molar-refractivity contribution is -0.114. The number of nitrogens with one attached hydrogen (secondary N) is 1. The number of aromatic nitrogens is 1. The van der Waals surface area contributed by atoms with Crippen LogP contribution in [0.1, 0.15) is 6.92 Å². The predicted molar refractivity (Wildman–Crippen MR) is 71.4 cm³/mol. The topological polar surface area (TPSA) is 68.0 Å². The average molecular weight is 265 g/mol. The van der Waals surface area contributed by atoms with E-state index in [9.17, 15) is 4.79 Å². The van der Waals surface area contributed by atoms with Crippen LogP contribution in [0, 0.1) is 0 Å². The highest BCUT2D eigenvalue weighted by Gasteiger charge is 2.02. The molecule has 0 aliphatic carbocycles. The van der Waals surface area contributed by atoms with Gasteiger partial charge in [0.05, 0.1) is 6.20 Å². The van der Waals surface area contributed by atoms with Crippen molar-refractivity contribution >= 4 is 39.7 Å². The Bertz CT molecular complexity index is 522. The van der Waals surface area contributed by atoms with Gasteiger partial charge in [0.1, 0.15) is 5.00 Å². The van der Waals surface area contributed by atoms with E-state index in [0.717, 1.165) is 14.9 Å². The van der Waals surface area contributed by atoms with E-state index in [2.05, 4.69) is 10.3 Å². The molecule has 3 N–H and O–H groups in total. The van der Waals surface area contributed by atoms with Crippen LogP contribution in [0.5, 0.6) is 0 Å². The molecule has 17 heavy (non-hydrogen) atoms. The molecule has 4 nitrogen and oxygen atoms in total. The van der Waals surface area contributed by atoms with E-state index in [1.807, 2.05) is 24.3 Å². The standard InChI is InChI=1S/C11H11N3OS2/c1-7(15)14-8-2-4-9(5-3-8)16-11-13-6-10(12)17-11/h2-6H,12H2,1H3,(H,14,15). The van der Waals surface area contributed by atoms with Crippen LogP contribution in [0.15, 0.2) is 39.7 Å². The molecule has 1 aromatic carbocycles. The number of carbonyl (C=O) groups excluding carboxylic acids is 1. The van der Waals surface area contributed by atoms with Crippen molar-refractivity contribution in [2.24, 2.45) is 0 Å². The van der Waals surface area contributed by atoms with Crippen molar-refractivity contribution in [3.05, 3.63) is 30.5 Å². The fraction of sp³-hybridized carbons (Fsp3) is 0.0909. The Kier molecular flexibility index (Phi) is 3.65. The number of rotatable bonds is 3. The van der Waals surface area contributed by atoms with Crippen molar-refractivity contribution in [3.8, 4) is 0 Å². The maximum Gasteiger partial charge on any atom is 0.221 e. The first kappa shape index (κ1) is 11.9. The summed E-state index contributed by atoms with van der Waals surface area (Å²) in [4.78, 5) is 16.1. The van der Waals surface area contributed by atoms with Crippen LogP contribution in [-0.4, -0.2) is 10.9 Å². The summed E-state index contributed by atoms with van der Waals surface area (Å²) in [5.41, 5.74) is 6.40. The van der Waals surface area contributed by atoms with Gasteiger partial charge in [-0.1, -0.05) is 23.1 Å². The number of nitrogens with zero attached hydrogens (tertiary/aromatic N) is 1. The van der Waals surface area contributed by atoms with Crippen molar-refractivity contribution in [1.82, 2.24) is 4.98 Å². The molecular weight excluding hydrogens is 254 g/mol. The fourth-order valence-electron chi connectivity index (χ4n) is 1.23. The summed E-state index contributed by atoms with van der Waals surface area (Å²) in [7, 11) is 0.